The van der Waals surface area contributed by atoms with Crippen molar-refractivity contribution < 1.29 is 9.59 Å². The van der Waals surface area contributed by atoms with E-state index < -0.39 is 0 Å². The van der Waals surface area contributed by atoms with Gasteiger partial charge in [-0.1, -0.05) is 24.1 Å². The minimum Gasteiger partial charge on any atom is -0.299 e. The maximum absolute atomic E-state index is 12.5. The Morgan fingerprint density at radius 2 is 2.04 bits per heavy atom. The average molecular weight is 345 g/mol. The maximum Gasteiger partial charge on any atom is 0.155 e. The SMILES string of the molecule is CSCC[C@]12CCC(=O)C=C1CCC1C2=CCC2(C)C(=O)CCC12. The van der Waals surface area contributed by atoms with Gasteiger partial charge in [0.15, 0.2) is 5.78 Å². The van der Waals surface area contributed by atoms with Crippen LogP contribution in [0.3, 0.4) is 0 Å². The van der Waals surface area contributed by atoms with Crippen LogP contribution in [0.2, 0.25) is 0 Å². The fourth-order valence-electron chi connectivity index (χ4n) is 6.17. The topological polar surface area (TPSA) is 34.1 Å². The summed E-state index contributed by atoms with van der Waals surface area (Å²) in [5.74, 6) is 3.07. The number of ketones is 2. The number of rotatable bonds is 3. The van der Waals surface area contributed by atoms with E-state index >= 15 is 0 Å². The second kappa shape index (κ2) is 5.86. The molecule has 4 aliphatic rings. The van der Waals surface area contributed by atoms with E-state index in [0.717, 1.165) is 50.7 Å². The molecule has 4 aliphatic carbocycles. The van der Waals surface area contributed by atoms with Gasteiger partial charge in [0.25, 0.3) is 0 Å². The third-order valence-electron chi connectivity index (χ3n) is 7.53. The Morgan fingerprint density at radius 3 is 2.83 bits per heavy atom. The van der Waals surface area contributed by atoms with Gasteiger partial charge in [0.2, 0.25) is 0 Å². The third kappa shape index (κ3) is 2.23. The maximum atomic E-state index is 12.5. The van der Waals surface area contributed by atoms with Crippen LogP contribution >= 0.6 is 11.8 Å². The predicted molar refractivity (Wildman–Crippen MR) is 99.0 cm³/mol. The molecule has 0 radical (unpaired) electrons. The first-order chi connectivity index (χ1) is 11.5. The van der Waals surface area contributed by atoms with E-state index in [-0.39, 0.29) is 10.8 Å². The first-order valence-electron chi connectivity index (χ1n) is 9.48. The van der Waals surface area contributed by atoms with Gasteiger partial charge in [-0.2, -0.15) is 11.8 Å². The predicted octanol–water partition coefficient (Wildman–Crippen LogP) is 4.74. The first-order valence-corrected chi connectivity index (χ1v) is 10.9. The molecule has 2 nitrogen and oxygen atoms in total. The average Bonchev–Trinajstić information content (AvgIpc) is 2.88. The molecule has 0 saturated heterocycles. The molecule has 0 aromatic heterocycles. The fourth-order valence-corrected chi connectivity index (χ4v) is 6.72. The molecule has 2 saturated carbocycles. The monoisotopic (exact) mass is 344 g/mol. The molecule has 4 rings (SSSR count). The molecular formula is C21H28O2S. The quantitative estimate of drug-likeness (QED) is 0.693. The van der Waals surface area contributed by atoms with Crippen LogP contribution in [0.4, 0.5) is 0 Å². The van der Waals surface area contributed by atoms with Crippen molar-refractivity contribution in [3.05, 3.63) is 23.3 Å². The summed E-state index contributed by atoms with van der Waals surface area (Å²) >= 11 is 1.91. The second-order valence-corrected chi connectivity index (χ2v) is 9.44. The van der Waals surface area contributed by atoms with Gasteiger partial charge < -0.3 is 0 Å². The standard InChI is InChI=1S/C21H28O2S/c1-20-9-8-18-16(17(20)5-6-19(20)23)4-3-14-13-15(22)7-10-21(14,18)11-12-24-2/h8,13,16-17H,3-7,9-12H2,1-2H3/t16?,17?,20?,21-/m1/s1. The summed E-state index contributed by atoms with van der Waals surface area (Å²) in [6, 6.07) is 0. The number of hydrogen-bond donors (Lipinski definition) is 0. The number of hydrogen-bond acceptors (Lipinski definition) is 3. The number of fused-ring (bicyclic) bond motifs is 5. The zero-order valence-corrected chi connectivity index (χ0v) is 15.7. The summed E-state index contributed by atoms with van der Waals surface area (Å²) < 4.78 is 0. The molecule has 0 aromatic rings. The van der Waals surface area contributed by atoms with Crippen LogP contribution in [0.15, 0.2) is 23.3 Å². The number of allylic oxidation sites excluding steroid dienone is 4. The summed E-state index contributed by atoms with van der Waals surface area (Å²) in [7, 11) is 0. The highest BCUT2D eigenvalue weighted by Crippen LogP contribution is 2.63. The zero-order valence-electron chi connectivity index (χ0n) is 14.9. The molecular weight excluding hydrogens is 316 g/mol. The van der Waals surface area contributed by atoms with Crippen molar-refractivity contribution >= 4 is 23.3 Å². The van der Waals surface area contributed by atoms with Crippen LogP contribution in [0, 0.1) is 22.7 Å². The van der Waals surface area contributed by atoms with E-state index in [9.17, 15) is 9.59 Å². The van der Waals surface area contributed by atoms with Crippen LogP contribution in [0.1, 0.15) is 58.3 Å². The lowest BCUT2D eigenvalue weighted by Crippen LogP contribution is -2.45. The Morgan fingerprint density at radius 1 is 1.21 bits per heavy atom. The van der Waals surface area contributed by atoms with Gasteiger partial charge in [-0.3, -0.25) is 9.59 Å². The lowest BCUT2D eigenvalue weighted by atomic mass is 9.50. The number of carbonyl (C=O) groups excluding carboxylic acids is 2. The van der Waals surface area contributed by atoms with E-state index in [1.807, 2.05) is 17.8 Å². The number of carbonyl (C=O) groups is 2. The molecule has 3 heteroatoms. The molecule has 4 atom stereocenters. The molecule has 130 valence electrons. The van der Waals surface area contributed by atoms with Crippen molar-refractivity contribution in [3.8, 4) is 0 Å². The van der Waals surface area contributed by atoms with Crippen LogP contribution in [0.5, 0.6) is 0 Å². The second-order valence-electron chi connectivity index (χ2n) is 8.46. The summed E-state index contributed by atoms with van der Waals surface area (Å²) in [6.45, 7) is 2.21. The van der Waals surface area contributed by atoms with E-state index in [1.54, 1.807) is 5.57 Å². The van der Waals surface area contributed by atoms with E-state index in [1.165, 1.54) is 5.57 Å². The Labute approximate surface area is 149 Å². The zero-order chi connectivity index (χ0) is 16.9. The van der Waals surface area contributed by atoms with Crippen LogP contribution in [-0.2, 0) is 9.59 Å². The molecule has 2 fully saturated rings. The molecule has 0 aromatic carbocycles. The Hall–Kier alpha value is -0.830. The van der Waals surface area contributed by atoms with Crippen molar-refractivity contribution in [2.75, 3.05) is 12.0 Å². The van der Waals surface area contributed by atoms with Crippen LogP contribution < -0.4 is 0 Å². The Balaban J connectivity index is 1.77. The third-order valence-corrected chi connectivity index (χ3v) is 8.14. The molecule has 24 heavy (non-hydrogen) atoms. The van der Waals surface area contributed by atoms with Gasteiger partial charge in [0.05, 0.1) is 0 Å². The van der Waals surface area contributed by atoms with Crippen molar-refractivity contribution in [2.24, 2.45) is 22.7 Å². The van der Waals surface area contributed by atoms with Gasteiger partial charge in [-0.15, -0.1) is 0 Å². The highest BCUT2D eigenvalue weighted by Gasteiger charge is 2.56. The summed E-state index contributed by atoms with van der Waals surface area (Å²) in [5, 5.41) is 0. The van der Waals surface area contributed by atoms with Crippen molar-refractivity contribution in [1.82, 2.24) is 0 Å². The molecule has 3 unspecified atom stereocenters. The largest absolute Gasteiger partial charge is 0.299 e. The van der Waals surface area contributed by atoms with Gasteiger partial charge in [0, 0.05) is 23.7 Å². The highest BCUT2D eigenvalue weighted by molar-refractivity contribution is 7.98. The van der Waals surface area contributed by atoms with E-state index in [2.05, 4.69) is 19.3 Å². The molecule has 0 heterocycles. The number of thioether (sulfide) groups is 1. The smallest absolute Gasteiger partial charge is 0.155 e. The summed E-state index contributed by atoms with van der Waals surface area (Å²) in [4.78, 5) is 24.5. The normalized spacial score (nSPS) is 41.2. The van der Waals surface area contributed by atoms with Crippen LogP contribution in [0.25, 0.3) is 0 Å². The lowest BCUT2D eigenvalue weighted by molar-refractivity contribution is -0.127. The highest BCUT2D eigenvalue weighted by atomic mass is 32.2. The first kappa shape index (κ1) is 16.6. The Kier molecular flexibility index (Phi) is 4.06. The van der Waals surface area contributed by atoms with Gasteiger partial charge in [-0.25, -0.2) is 0 Å². The van der Waals surface area contributed by atoms with Gasteiger partial charge >= 0.3 is 0 Å². The minimum absolute atomic E-state index is 0.111. The summed E-state index contributed by atoms with van der Waals surface area (Å²) in [5.41, 5.74) is 3.04. The number of Topliss-reactive ketones (excluding diaryl/α,β-unsaturated/α-hetero) is 1. The van der Waals surface area contributed by atoms with Crippen molar-refractivity contribution in [2.45, 2.75) is 58.3 Å². The molecule has 0 aliphatic heterocycles. The Bertz CT molecular complexity index is 646. The van der Waals surface area contributed by atoms with Crippen molar-refractivity contribution in [3.63, 3.8) is 0 Å². The molecule has 0 bridgehead atoms. The summed E-state index contributed by atoms with van der Waals surface area (Å²) in [6.07, 6.45) is 14.4. The van der Waals surface area contributed by atoms with E-state index in [4.69, 9.17) is 0 Å². The fraction of sp³-hybridized carbons (Fsp3) is 0.714. The molecule has 0 amide bonds. The van der Waals surface area contributed by atoms with Crippen molar-refractivity contribution in [1.29, 1.82) is 0 Å². The van der Waals surface area contributed by atoms with E-state index in [0.29, 0.717) is 29.8 Å². The van der Waals surface area contributed by atoms with Gasteiger partial charge in [0.1, 0.15) is 5.78 Å². The lowest BCUT2D eigenvalue weighted by Gasteiger charge is -2.53. The molecule has 0 spiro atoms. The van der Waals surface area contributed by atoms with Gasteiger partial charge in [-0.05, 0) is 68.4 Å². The van der Waals surface area contributed by atoms with Crippen LogP contribution in [-0.4, -0.2) is 23.6 Å². The molecule has 0 N–H and O–H groups in total. The minimum atomic E-state index is -0.111.